The maximum absolute atomic E-state index is 13.0. The number of benzene rings is 1. The van der Waals surface area contributed by atoms with Gasteiger partial charge in [0.05, 0.1) is 0 Å². The average Bonchev–Trinajstić information content (AvgIpc) is 2.23. The van der Waals surface area contributed by atoms with E-state index in [-0.39, 0.29) is 17.9 Å². The van der Waals surface area contributed by atoms with Crippen molar-refractivity contribution in [2.45, 2.75) is 37.4 Å². The molecule has 88 valence electrons. The molecule has 4 heteroatoms. The SMILES string of the molecule is CC1CCC(N)(C(F)(F)F)c2ccccc21. The molecule has 0 aromatic heterocycles. The molecule has 0 heterocycles. The fourth-order valence-corrected chi connectivity index (χ4v) is 2.36. The lowest BCUT2D eigenvalue weighted by atomic mass is 9.72. The molecule has 0 saturated heterocycles. The van der Waals surface area contributed by atoms with E-state index in [0.29, 0.717) is 6.42 Å². The first-order valence-electron chi connectivity index (χ1n) is 5.31. The number of alkyl halides is 3. The molecule has 0 saturated carbocycles. The van der Waals surface area contributed by atoms with Crippen molar-refractivity contribution >= 4 is 0 Å². The molecule has 1 aliphatic rings. The standard InChI is InChI=1S/C12H14F3N/c1-8-6-7-11(16,12(13,14)15)10-5-3-2-4-9(8)10/h2-5,8H,6-7,16H2,1H3. The summed E-state index contributed by atoms with van der Waals surface area (Å²) in [4.78, 5) is 0. The van der Waals surface area contributed by atoms with Crippen molar-refractivity contribution in [1.29, 1.82) is 0 Å². The Morgan fingerprint density at radius 1 is 1.31 bits per heavy atom. The molecule has 1 aromatic rings. The van der Waals surface area contributed by atoms with Crippen LogP contribution in [0.15, 0.2) is 24.3 Å². The van der Waals surface area contributed by atoms with Crippen LogP contribution < -0.4 is 5.73 Å². The van der Waals surface area contributed by atoms with E-state index in [1.54, 1.807) is 18.2 Å². The monoisotopic (exact) mass is 229 g/mol. The molecule has 0 fully saturated rings. The van der Waals surface area contributed by atoms with Gasteiger partial charge in [-0.25, -0.2) is 0 Å². The van der Waals surface area contributed by atoms with Gasteiger partial charge in [-0.3, -0.25) is 0 Å². The van der Waals surface area contributed by atoms with E-state index in [1.807, 2.05) is 6.92 Å². The highest BCUT2D eigenvalue weighted by molar-refractivity contribution is 5.39. The van der Waals surface area contributed by atoms with Gasteiger partial charge in [0.2, 0.25) is 0 Å². The first-order chi connectivity index (χ1) is 7.36. The van der Waals surface area contributed by atoms with Gasteiger partial charge in [0, 0.05) is 0 Å². The Hall–Kier alpha value is -1.03. The predicted molar refractivity (Wildman–Crippen MR) is 56.0 cm³/mol. The minimum absolute atomic E-state index is 0.0331. The van der Waals surface area contributed by atoms with Crippen molar-refractivity contribution < 1.29 is 13.2 Å². The summed E-state index contributed by atoms with van der Waals surface area (Å²) in [5.41, 5.74) is 4.38. The third kappa shape index (κ3) is 1.52. The van der Waals surface area contributed by atoms with Crippen molar-refractivity contribution in [3.63, 3.8) is 0 Å². The molecule has 0 spiro atoms. The quantitative estimate of drug-likeness (QED) is 0.725. The zero-order chi connectivity index (χ0) is 12.0. The summed E-state index contributed by atoms with van der Waals surface area (Å²) in [6.45, 7) is 1.94. The van der Waals surface area contributed by atoms with Gasteiger partial charge in [0.25, 0.3) is 0 Å². The lowest BCUT2D eigenvalue weighted by molar-refractivity contribution is -0.194. The van der Waals surface area contributed by atoms with Crippen LogP contribution in [0, 0.1) is 0 Å². The minimum atomic E-state index is -4.39. The lowest BCUT2D eigenvalue weighted by Gasteiger charge is -2.39. The number of halogens is 3. The van der Waals surface area contributed by atoms with Gasteiger partial charge in [0.1, 0.15) is 5.54 Å². The summed E-state index contributed by atoms with van der Waals surface area (Å²) in [6, 6.07) is 6.62. The van der Waals surface area contributed by atoms with Crippen LogP contribution >= 0.6 is 0 Å². The van der Waals surface area contributed by atoms with E-state index < -0.39 is 11.7 Å². The van der Waals surface area contributed by atoms with Crippen molar-refractivity contribution in [1.82, 2.24) is 0 Å². The smallest absolute Gasteiger partial charge is 0.314 e. The van der Waals surface area contributed by atoms with Gasteiger partial charge in [-0.1, -0.05) is 31.2 Å². The first-order valence-corrected chi connectivity index (χ1v) is 5.31. The lowest BCUT2D eigenvalue weighted by Crippen LogP contribution is -2.52. The second-order valence-corrected chi connectivity index (χ2v) is 4.50. The van der Waals surface area contributed by atoms with Crippen LogP contribution in [-0.2, 0) is 5.54 Å². The second-order valence-electron chi connectivity index (χ2n) is 4.50. The Morgan fingerprint density at radius 3 is 2.56 bits per heavy atom. The largest absolute Gasteiger partial charge is 0.410 e. The van der Waals surface area contributed by atoms with E-state index in [9.17, 15) is 13.2 Å². The van der Waals surface area contributed by atoms with E-state index in [0.717, 1.165) is 5.56 Å². The van der Waals surface area contributed by atoms with Crippen molar-refractivity contribution in [2.75, 3.05) is 0 Å². The number of nitrogens with two attached hydrogens (primary N) is 1. The third-order valence-electron chi connectivity index (χ3n) is 3.45. The van der Waals surface area contributed by atoms with E-state index in [2.05, 4.69) is 0 Å². The van der Waals surface area contributed by atoms with Crippen LogP contribution in [0.4, 0.5) is 13.2 Å². The summed E-state index contributed by atoms with van der Waals surface area (Å²) in [5.74, 6) is 0.148. The molecule has 2 unspecified atom stereocenters. The van der Waals surface area contributed by atoms with E-state index in [4.69, 9.17) is 5.73 Å². The molecule has 0 radical (unpaired) electrons. The summed E-state index contributed by atoms with van der Waals surface area (Å²) in [5, 5.41) is 0. The Balaban J connectivity index is 2.58. The molecule has 0 bridgehead atoms. The van der Waals surface area contributed by atoms with Crippen molar-refractivity contribution in [2.24, 2.45) is 5.73 Å². The molecule has 2 rings (SSSR count). The Labute approximate surface area is 92.5 Å². The summed E-state index contributed by atoms with van der Waals surface area (Å²) in [6.07, 6.45) is -3.94. The zero-order valence-electron chi connectivity index (χ0n) is 9.01. The topological polar surface area (TPSA) is 26.0 Å². The summed E-state index contributed by atoms with van der Waals surface area (Å²) < 4.78 is 39.0. The normalized spacial score (nSPS) is 29.9. The van der Waals surface area contributed by atoms with Crippen LogP contribution in [0.25, 0.3) is 0 Å². The molecular weight excluding hydrogens is 215 g/mol. The fourth-order valence-electron chi connectivity index (χ4n) is 2.36. The van der Waals surface area contributed by atoms with E-state index >= 15 is 0 Å². The summed E-state index contributed by atoms with van der Waals surface area (Å²) in [7, 11) is 0. The maximum atomic E-state index is 13.0. The van der Waals surface area contributed by atoms with Crippen LogP contribution in [0.5, 0.6) is 0 Å². The fraction of sp³-hybridized carbons (Fsp3) is 0.500. The van der Waals surface area contributed by atoms with Gasteiger partial charge < -0.3 is 5.73 Å². The molecule has 1 aromatic carbocycles. The molecule has 16 heavy (non-hydrogen) atoms. The molecule has 1 nitrogen and oxygen atoms in total. The Bertz CT molecular complexity index is 399. The maximum Gasteiger partial charge on any atom is 0.410 e. The molecule has 0 amide bonds. The van der Waals surface area contributed by atoms with Crippen LogP contribution in [0.3, 0.4) is 0 Å². The highest BCUT2D eigenvalue weighted by Crippen LogP contribution is 2.47. The van der Waals surface area contributed by atoms with E-state index in [1.165, 1.54) is 6.07 Å². The van der Waals surface area contributed by atoms with Gasteiger partial charge in [0.15, 0.2) is 0 Å². The number of hydrogen-bond donors (Lipinski definition) is 1. The molecule has 1 aliphatic carbocycles. The minimum Gasteiger partial charge on any atom is -0.314 e. The van der Waals surface area contributed by atoms with Crippen LogP contribution in [-0.4, -0.2) is 6.18 Å². The van der Waals surface area contributed by atoms with Gasteiger partial charge in [-0.15, -0.1) is 0 Å². The number of fused-ring (bicyclic) bond motifs is 1. The van der Waals surface area contributed by atoms with Crippen molar-refractivity contribution in [3.8, 4) is 0 Å². The predicted octanol–water partition coefficient (Wildman–Crippen LogP) is 3.30. The second kappa shape index (κ2) is 3.48. The number of rotatable bonds is 0. The third-order valence-corrected chi connectivity index (χ3v) is 3.45. The highest BCUT2D eigenvalue weighted by Gasteiger charge is 2.55. The molecule has 2 N–H and O–H groups in total. The van der Waals surface area contributed by atoms with Gasteiger partial charge in [-0.05, 0) is 29.9 Å². The summed E-state index contributed by atoms with van der Waals surface area (Å²) >= 11 is 0. The molecular formula is C12H14F3N. The molecule has 0 aliphatic heterocycles. The average molecular weight is 229 g/mol. The highest BCUT2D eigenvalue weighted by atomic mass is 19.4. The first kappa shape index (κ1) is 11.5. The van der Waals surface area contributed by atoms with Gasteiger partial charge >= 0.3 is 6.18 Å². The zero-order valence-corrected chi connectivity index (χ0v) is 9.01. The Morgan fingerprint density at radius 2 is 1.94 bits per heavy atom. The van der Waals surface area contributed by atoms with Crippen molar-refractivity contribution in [3.05, 3.63) is 35.4 Å². The van der Waals surface area contributed by atoms with Crippen LogP contribution in [0.1, 0.15) is 36.8 Å². The van der Waals surface area contributed by atoms with Crippen LogP contribution in [0.2, 0.25) is 0 Å². The van der Waals surface area contributed by atoms with Gasteiger partial charge in [-0.2, -0.15) is 13.2 Å². The Kier molecular flexibility index (Phi) is 2.49. The number of hydrogen-bond acceptors (Lipinski definition) is 1. The molecule has 2 atom stereocenters.